The fourth-order valence-electron chi connectivity index (χ4n) is 3.96. The van der Waals surface area contributed by atoms with Gasteiger partial charge in [-0.05, 0) is 60.4 Å². The summed E-state index contributed by atoms with van der Waals surface area (Å²) >= 11 is 0. The van der Waals surface area contributed by atoms with Gasteiger partial charge in [-0.1, -0.05) is 42.8 Å². The molecule has 168 valence electrons. The van der Waals surface area contributed by atoms with E-state index in [-0.39, 0.29) is 10.8 Å². The van der Waals surface area contributed by atoms with E-state index in [1.807, 2.05) is 42.5 Å². The minimum absolute atomic E-state index is 0.208. The number of hydrogen-bond donors (Lipinski definition) is 1. The van der Waals surface area contributed by atoms with Gasteiger partial charge in [-0.15, -0.1) is 0 Å². The van der Waals surface area contributed by atoms with Crippen molar-refractivity contribution in [1.82, 2.24) is 9.62 Å². The highest BCUT2D eigenvalue weighted by atomic mass is 32.2. The molecule has 1 N–H and O–H groups in total. The molecule has 6 nitrogen and oxygen atoms in total. The maximum atomic E-state index is 13.1. The Bertz CT molecular complexity index is 1220. The van der Waals surface area contributed by atoms with Gasteiger partial charge in [0.05, 0.1) is 11.4 Å². The van der Waals surface area contributed by atoms with Crippen LogP contribution in [0.2, 0.25) is 0 Å². The summed E-state index contributed by atoms with van der Waals surface area (Å²) in [6.45, 7) is 3.45. The Hall–Kier alpha value is -2.90. The number of nitrogens with one attached hydrogen (secondary N) is 1. The van der Waals surface area contributed by atoms with Crippen LogP contribution in [-0.4, -0.2) is 44.9 Å². The first-order valence-corrected chi connectivity index (χ1v) is 12.4. The summed E-state index contributed by atoms with van der Waals surface area (Å²) in [7, 11) is -3.60. The summed E-state index contributed by atoms with van der Waals surface area (Å²) in [5, 5.41) is 5.05. The second kappa shape index (κ2) is 9.71. The van der Waals surface area contributed by atoms with Gasteiger partial charge in [-0.3, -0.25) is 4.79 Å². The van der Waals surface area contributed by atoms with E-state index in [1.165, 1.54) is 10.4 Å². The summed E-state index contributed by atoms with van der Waals surface area (Å²) in [6, 6.07) is 18.7. The number of nitrogens with zero attached hydrogens (tertiary/aromatic N) is 1. The van der Waals surface area contributed by atoms with E-state index >= 15 is 0 Å². The molecule has 0 saturated carbocycles. The first-order chi connectivity index (χ1) is 15.4. The van der Waals surface area contributed by atoms with Crippen LogP contribution >= 0.6 is 0 Å². The number of carbonyl (C=O) groups excluding carboxylic acids is 1. The average molecular weight is 453 g/mol. The molecule has 1 saturated heterocycles. The van der Waals surface area contributed by atoms with Crippen LogP contribution in [0.1, 0.15) is 35.2 Å². The van der Waals surface area contributed by atoms with E-state index < -0.39 is 10.0 Å². The quantitative estimate of drug-likeness (QED) is 0.547. The number of rotatable bonds is 7. The Morgan fingerprint density at radius 3 is 2.50 bits per heavy atom. The average Bonchev–Trinajstić information content (AvgIpc) is 2.82. The van der Waals surface area contributed by atoms with Crippen molar-refractivity contribution in [2.75, 3.05) is 26.2 Å². The standard InChI is InChI=1S/C25H28N2O4S/c1-19-9-10-22(18-24(19)32(29,30)27-14-5-2-6-15-27)25(28)26-13-16-31-23-12-11-20-7-3-4-8-21(20)17-23/h3-4,7-12,17-18H,2,5-6,13-16H2,1H3,(H,26,28). The number of aryl methyl sites for hydroxylation is 1. The van der Waals surface area contributed by atoms with Crippen molar-refractivity contribution in [2.24, 2.45) is 0 Å². The molecule has 32 heavy (non-hydrogen) atoms. The number of sulfonamides is 1. The fourth-order valence-corrected chi connectivity index (χ4v) is 5.72. The van der Waals surface area contributed by atoms with Crippen molar-refractivity contribution >= 4 is 26.7 Å². The van der Waals surface area contributed by atoms with Crippen LogP contribution in [-0.2, 0) is 10.0 Å². The maximum Gasteiger partial charge on any atom is 0.251 e. The predicted octanol–water partition coefficient (Wildman–Crippen LogP) is 4.13. The summed E-state index contributed by atoms with van der Waals surface area (Å²) in [5.41, 5.74) is 0.976. The summed E-state index contributed by atoms with van der Waals surface area (Å²) < 4.78 is 33.4. The summed E-state index contributed by atoms with van der Waals surface area (Å²) in [5.74, 6) is 0.422. The number of benzene rings is 3. The number of amides is 1. The van der Waals surface area contributed by atoms with Gasteiger partial charge in [-0.25, -0.2) is 8.42 Å². The van der Waals surface area contributed by atoms with Gasteiger partial charge in [0.15, 0.2) is 0 Å². The Kier molecular flexibility index (Phi) is 6.77. The molecule has 3 aromatic rings. The van der Waals surface area contributed by atoms with Crippen LogP contribution in [0.3, 0.4) is 0 Å². The van der Waals surface area contributed by atoms with E-state index in [0.29, 0.717) is 37.4 Å². The SMILES string of the molecule is Cc1ccc(C(=O)NCCOc2ccc3ccccc3c2)cc1S(=O)(=O)N1CCCCC1. The molecule has 7 heteroatoms. The van der Waals surface area contributed by atoms with Gasteiger partial charge in [0.2, 0.25) is 10.0 Å². The van der Waals surface area contributed by atoms with Gasteiger partial charge in [0, 0.05) is 18.7 Å². The second-order valence-electron chi connectivity index (χ2n) is 8.06. The van der Waals surface area contributed by atoms with Gasteiger partial charge in [0.1, 0.15) is 12.4 Å². The highest BCUT2D eigenvalue weighted by Crippen LogP contribution is 2.24. The predicted molar refractivity (Wildman–Crippen MR) is 126 cm³/mol. The lowest BCUT2D eigenvalue weighted by Gasteiger charge is -2.26. The van der Waals surface area contributed by atoms with E-state index in [1.54, 1.807) is 19.1 Å². The zero-order valence-electron chi connectivity index (χ0n) is 18.2. The molecule has 0 bridgehead atoms. The highest BCUT2D eigenvalue weighted by molar-refractivity contribution is 7.89. The lowest BCUT2D eigenvalue weighted by atomic mass is 10.1. The molecule has 1 aliphatic heterocycles. The van der Waals surface area contributed by atoms with Crippen molar-refractivity contribution in [3.8, 4) is 5.75 Å². The molecular formula is C25H28N2O4S. The molecule has 0 atom stereocenters. The highest BCUT2D eigenvalue weighted by Gasteiger charge is 2.28. The normalized spacial score (nSPS) is 14.9. The maximum absolute atomic E-state index is 13.1. The Labute approximate surface area is 189 Å². The largest absolute Gasteiger partial charge is 0.492 e. The number of fused-ring (bicyclic) bond motifs is 1. The van der Waals surface area contributed by atoms with Crippen LogP contribution in [0.4, 0.5) is 0 Å². The summed E-state index contributed by atoms with van der Waals surface area (Å²) in [6.07, 6.45) is 2.79. The Morgan fingerprint density at radius 2 is 1.72 bits per heavy atom. The van der Waals surface area contributed by atoms with Crippen molar-refractivity contribution in [1.29, 1.82) is 0 Å². The molecule has 1 heterocycles. The van der Waals surface area contributed by atoms with Gasteiger partial charge in [0.25, 0.3) is 5.91 Å². The number of hydrogen-bond acceptors (Lipinski definition) is 4. The third kappa shape index (κ3) is 4.95. The first kappa shape index (κ1) is 22.3. The molecule has 0 unspecified atom stereocenters. The Balaban J connectivity index is 1.37. The Morgan fingerprint density at radius 1 is 0.969 bits per heavy atom. The third-order valence-corrected chi connectivity index (χ3v) is 7.80. The van der Waals surface area contributed by atoms with Crippen LogP contribution in [0.15, 0.2) is 65.6 Å². The van der Waals surface area contributed by atoms with Crippen molar-refractivity contribution in [2.45, 2.75) is 31.1 Å². The third-order valence-electron chi connectivity index (χ3n) is 5.76. The zero-order valence-corrected chi connectivity index (χ0v) is 19.0. The van der Waals surface area contributed by atoms with Gasteiger partial charge >= 0.3 is 0 Å². The second-order valence-corrected chi connectivity index (χ2v) is 9.96. The van der Waals surface area contributed by atoms with Crippen LogP contribution in [0.5, 0.6) is 5.75 Å². The lowest BCUT2D eigenvalue weighted by Crippen LogP contribution is -2.36. The molecule has 3 aromatic carbocycles. The molecule has 0 aliphatic carbocycles. The minimum Gasteiger partial charge on any atom is -0.492 e. The van der Waals surface area contributed by atoms with Crippen molar-refractivity contribution in [3.05, 3.63) is 71.8 Å². The van der Waals surface area contributed by atoms with Crippen LogP contribution in [0.25, 0.3) is 10.8 Å². The molecule has 1 fully saturated rings. The molecule has 4 rings (SSSR count). The monoisotopic (exact) mass is 452 g/mol. The fraction of sp³-hybridized carbons (Fsp3) is 0.320. The smallest absolute Gasteiger partial charge is 0.251 e. The first-order valence-electron chi connectivity index (χ1n) is 11.0. The van der Waals surface area contributed by atoms with Crippen molar-refractivity contribution < 1.29 is 17.9 Å². The molecule has 0 radical (unpaired) electrons. The molecular weight excluding hydrogens is 424 g/mol. The van der Waals surface area contributed by atoms with Gasteiger partial charge < -0.3 is 10.1 Å². The van der Waals surface area contributed by atoms with E-state index in [0.717, 1.165) is 35.8 Å². The number of carbonyl (C=O) groups is 1. The van der Waals surface area contributed by atoms with E-state index in [4.69, 9.17) is 4.74 Å². The van der Waals surface area contributed by atoms with Crippen molar-refractivity contribution in [3.63, 3.8) is 0 Å². The molecule has 0 aromatic heterocycles. The molecule has 1 amide bonds. The van der Waals surface area contributed by atoms with Crippen LogP contribution < -0.4 is 10.1 Å². The summed E-state index contributed by atoms with van der Waals surface area (Å²) in [4.78, 5) is 12.8. The van der Waals surface area contributed by atoms with Gasteiger partial charge in [-0.2, -0.15) is 4.31 Å². The zero-order chi connectivity index (χ0) is 22.6. The number of ether oxygens (including phenoxy) is 1. The molecule has 0 spiro atoms. The molecule has 1 aliphatic rings. The van der Waals surface area contributed by atoms with Crippen LogP contribution in [0, 0.1) is 6.92 Å². The topological polar surface area (TPSA) is 75.7 Å². The lowest BCUT2D eigenvalue weighted by molar-refractivity contribution is 0.0947. The number of piperidine rings is 1. The van der Waals surface area contributed by atoms with E-state index in [9.17, 15) is 13.2 Å². The minimum atomic E-state index is -3.60. The van der Waals surface area contributed by atoms with E-state index in [2.05, 4.69) is 5.32 Å².